The minimum atomic E-state index is -0.277. The molecule has 0 atom stereocenters. The minimum absolute atomic E-state index is 0.0181. The van der Waals surface area contributed by atoms with Gasteiger partial charge in [-0.25, -0.2) is 4.39 Å². The second-order valence-electron chi connectivity index (χ2n) is 9.72. The number of hydrogen-bond acceptors (Lipinski definition) is 3. The predicted octanol–water partition coefficient (Wildman–Crippen LogP) is 4.50. The molecule has 4 rings (SSSR count). The SMILES string of the molecule is Cc1ccc(C(=O)N(CCN2CCN(C(=O)C3CCCCC3)CC2)Cc2ccc(F)cc2)cc1. The van der Waals surface area contributed by atoms with Gasteiger partial charge in [0, 0.05) is 57.3 Å². The molecule has 1 heterocycles. The Morgan fingerprint density at radius 3 is 2.21 bits per heavy atom. The number of aryl methyl sites for hydroxylation is 1. The first-order valence-electron chi connectivity index (χ1n) is 12.6. The van der Waals surface area contributed by atoms with E-state index in [1.54, 1.807) is 12.1 Å². The van der Waals surface area contributed by atoms with Gasteiger partial charge in [-0.2, -0.15) is 0 Å². The smallest absolute Gasteiger partial charge is 0.254 e. The number of rotatable bonds is 7. The maximum Gasteiger partial charge on any atom is 0.254 e. The van der Waals surface area contributed by atoms with E-state index in [0.29, 0.717) is 24.6 Å². The lowest BCUT2D eigenvalue weighted by molar-refractivity contribution is -0.138. The zero-order valence-electron chi connectivity index (χ0n) is 20.2. The lowest BCUT2D eigenvalue weighted by Crippen LogP contribution is -2.52. The number of benzene rings is 2. The largest absolute Gasteiger partial charge is 0.340 e. The summed E-state index contributed by atoms with van der Waals surface area (Å²) in [5.74, 6) is 0.265. The number of piperazine rings is 1. The molecule has 5 nitrogen and oxygen atoms in total. The Morgan fingerprint density at radius 1 is 0.912 bits per heavy atom. The third-order valence-corrected chi connectivity index (χ3v) is 7.20. The van der Waals surface area contributed by atoms with E-state index in [4.69, 9.17) is 0 Å². The summed E-state index contributed by atoms with van der Waals surface area (Å²) in [5, 5.41) is 0. The monoisotopic (exact) mass is 465 g/mol. The molecule has 182 valence electrons. The van der Waals surface area contributed by atoms with E-state index >= 15 is 0 Å². The van der Waals surface area contributed by atoms with Crippen LogP contribution >= 0.6 is 0 Å². The van der Waals surface area contributed by atoms with Gasteiger partial charge in [-0.3, -0.25) is 14.5 Å². The minimum Gasteiger partial charge on any atom is -0.340 e. The van der Waals surface area contributed by atoms with Gasteiger partial charge in [0.15, 0.2) is 0 Å². The molecule has 0 aromatic heterocycles. The summed E-state index contributed by atoms with van der Waals surface area (Å²) in [6, 6.07) is 14.0. The Bertz CT molecular complexity index is 947. The second-order valence-corrected chi connectivity index (χ2v) is 9.72. The van der Waals surface area contributed by atoms with Crippen LogP contribution in [0.1, 0.15) is 53.6 Å². The van der Waals surface area contributed by atoms with Crippen molar-refractivity contribution in [1.82, 2.24) is 14.7 Å². The summed E-state index contributed by atoms with van der Waals surface area (Å²) < 4.78 is 13.4. The molecular formula is C28H36FN3O2. The average molecular weight is 466 g/mol. The molecule has 1 aliphatic carbocycles. The molecule has 2 aliphatic rings. The van der Waals surface area contributed by atoms with Crippen molar-refractivity contribution >= 4 is 11.8 Å². The van der Waals surface area contributed by atoms with E-state index in [0.717, 1.165) is 56.7 Å². The van der Waals surface area contributed by atoms with Gasteiger partial charge in [0.05, 0.1) is 0 Å². The van der Waals surface area contributed by atoms with Crippen LogP contribution in [0.5, 0.6) is 0 Å². The quantitative estimate of drug-likeness (QED) is 0.605. The maximum atomic E-state index is 13.4. The Balaban J connectivity index is 1.34. The van der Waals surface area contributed by atoms with Crippen LogP contribution in [0.25, 0.3) is 0 Å². The van der Waals surface area contributed by atoms with Crippen molar-refractivity contribution in [3.8, 4) is 0 Å². The fraction of sp³-hybridized carbons (Fsp3) is 0.500. The summed E-state index contributed by atoms with van der Waals surface area (Å²) >= 11 is 0. The van der Waals surface area contributed by atoms with Gasteiger partial charge in [0.1, 0.15) is 5.82 Å². The van der Waals surface area contributed by atoms with Crippen molar-refractivity contribution in [2.45, 2.75) is 45.6 Å². The molecule has 6 heteroatoms. The van der Waals surface area contributed by atoms with Crippen molar-refractivity contribution in [3.63, 3.8) is 0 Å². The molecule has 0 N–H and O–H groups in total. The van der Waals surface area contributed by atoms with Gasteiger partial charge in [-0.05, 0) is 49.6 Å². The molecule has 1 saturated heterocycles. The van der Waals surface area contributed by atoms with Crippen molar-refractivity contribution in [2.24, 2.45) is 5.92 Å². The summed E-state index contributed by atoms with van der Waals surface area (Å²) in [5.41, 5.74) is 2.68. The zero-order chi connectivity index (χ0) is 23.9. The molecule has 0 radical (unpaired) electrons. The molecular weight excluding hydrogens is 429 g/mol. The Hall–Kier alpha value is -2.73. The number of hydrogen-bond donors (Lipinski definition) is 0. The molecule has 1 aliphatic heterocycles. The van der Waals surface area contributed by atoms with Gasteiger partial charge in [0.25, 0.3) is 5.91 Å². The van der Waals surface area contributed by atoms with Gasteiger partial charge in [-0.15, -0.1) is 0 Å². The van der Waals surface area contributed by atoms with Gasteiger partial charge < -0.3 is 9.80 Å². The second kappa shape index (κ2) is 11.6. The van der Waals surface area contributed by atoms with Gasteiger partial charge in [-0.1, -0.05) is 49.1 Å². The van der Waals surface area contributed by atoms with Gasteiger partial charge >= 0.3 is 0 Å². The van der Waals surface area contributed by atoms with Crippen LogP contribution < -0.4 is 0 Å². The zero-order valence-corrected chi connectivity index (χ0v) is 20.2. The highest BCUT2D eigenvalue weighted by atomic mass is 19.1. The first kappa shape index (κ1) is 24.4. The van der Waals surface area contributed by atoms with Crippen molar-refractivity contribution in [2.75, 3.05) is 39.3 Å². The van der Waals surface area contributed by atoms with Crippen molar-refractivity contribution in [1.29, 1.82) is 0 Å². The van der Waals surface area contributed by atoms with Crippen LogP contribution in [0.3, 0.4) is 0 Å². The van der Waals surface area contributed by atoms with E-state index in [1.165, 1.54) is 31.4 Å². The number of amides is 2. The molecule has 2 amide bonds. The molecule has 0 bridgehead atoms. The highest BCUT2D eigenvalue weighted by Crippen LogP contribution is 2.26. The normalized spacial score (nSPS) is 17.5. The molecule has 2 aromatic rings. The number of carbonyl (C=O) groups excluding carboxylic acids is 2. The number of carbonyl (C=O) groups is 2. The third kappa shape index (κ3) is 6.44. The first-order chi connectivity index (χ1) is 16.5. The molecule has 2 fully saturated rings. The van der Waals surface area contributed by atoms with Crippen molar-refractivity contribution < 1.29 is 14.0 Å². The average Bonchev–Trinajstić information content (AvgIpc) is 2.88. The lowest BCUT2D eigenvalue weighted by atomic mass is 9.88. The first-order valence-corrected chi connectivity index (χ1v) is 12.6. The Morgan fingerprint density at radius 2 is 1.56 bits per heavy atom. The summed E-state index contributed by atoms with van der Waals surface area (Å²) in [6.07, 6.45) is 5.69. The fourth-order valence-electron chi connectivity index (χ4n) is 5.00. The summed E-state index contributed by atoms with van der Waals surface area (Å²) in [7, 11) is 0. The lowest BCUT2D eigenvalue weighted by Gasteiger charge is -2.38. The highest BCUT2D eigenvalue weighted by molar-refractivity contribution is 5.94. The van der Waals surface area contributed by atoms with Crippen LogP contribution in [0, 0.1) is 18.7 Å². The van der Waals surface area contributed by atoms with Gasteiger partial charge in [0.2, 0.25) is 5.91 Å². The van der Waals surface area contributed by atoms with Crippen LogP contribution in [0.2, 0.25) is 0 Å². The topological polar surface area (TPSA) is 43.9 Å². The van der Waals surface area contributed by atoms with E-state index in [2.05, 4.69) is 4.90 Å². The molecule has 0 spiro atoms. The molecule has 34 heavy (non-hydrogen) atoms. The van der Waals surface area contributed by atoms with Crippen LogP contribution in [-0.2, 0) is 11.3 Å². The van der Waals surface area contributed by atoms with Crippen LogP contribution in [0.4, 0.5) is 4.39 Å². The van der Waals surface area contributed by atoms with Crippen molar-refractivity contribution in [3.05, 3.63) is 71.0 Å². The van der Waals surface area contributed by atoms with Crippen LogP contribution in [-0.4, -0.2) is 65.8 Å². The van der Waals surface area contributed by atoms with E-state index < -0.39 is 0 Å². The predicted molar refractivity (Wildman–Crippen MR) is 132 cm³/mol. The highest BCUT2D eigenvalue weighted by Gasteiger charge is 2.28. The van der Waals surface area contributed by atoms with Crippen LogP contribution in [0.15, 0.2) is 48.5 Å². The number of halogens is 1. The number of nitrogens with zero attached hydrogens (tertiary/aromatic N) is 3. The fourth-order valence-corrected chi connectivity index (χ4v) is 5.00. The van der Waals surface area contributed by atoms with E-state index in [9.17, 15) is 14.0 Å². The standard InChI is InChI=1S/C28H36FN3O2/c1-22-7-11-25(12-8-22)28(34)32(21-23-9-13-26(29)14-10-23)20-17-30-15-18-31(19-16-30)27(33)24-5-3-2-4-6-24/h7-14,24H,2-6,15-21H2,1H3. The Kier molecular flexibility index (Phi) is 8.33. The molecule has 0 unspecified atom stereocenters. The third-order valence-electron chi connectivity index (χ3n) is 7.20. The van der Waals surface area contributed by atoms with E-state index in [1.807, 2.05) is 41.0 Å². The van der Waals surface area contributed by atoms with E-state index in [-0.39, 0.29) is 17.6 Å². The summed E-state index contributed by atoms with van der Waals surface area (Å²) in [4.78, 5) is 32.4. The molecule has 1 saturated carbocycles. The summed E-state index contributed by atoms with van der Waals surface area (Å²) in [6.45, 7) is 6.97. The maximum absolute atomic E-state index is 13.4. The molecule has 2 aromatic carbocycles. The Labute approximate surface area is 202 Å².